The number of hydrogen-bond donors (Lipinski definition) is 0. The lowest BCUT2D eigenvalue weighted by Crippen LogP contribution is -2.50. The maximum Gasteiger partial charge on any atom is 0.274 e. The van der Waals surface area contributed by atoms with Gasteiger partial charge in [0.05, 0.1) is 29.0 Å². The monoisotopic (exact) mass is 406 g/mol. The molecule has 4 atom stereocenters. The highest BCUT2D eigenvalue weighted by atomic mass is 35.5. The highest BCUT2D eigenvalue weighted by molar-refractivity contribution is 6.33. The van der Waals surface area contributed by atoms with E-state index in [2.05, 4.69) is 0 Å². The zero-order valence-corrected chi connectivity index (χ0v) is 16.3. The molecule has 3 aliphatic rings. The minimum atomic E-state index is -0.457. The van der Waals surface area contributed by atoms with Crippen LogP contribution in [0.25, 0.3) is 0 Å². The number of benzene rings is 2. The fourth-order valence-electron chi connectivity index (χ4n) is 4.89. The second kappa shape index (κ2) is 6.85. The second-order valence-electron chi connectivity index (χ2n) is 7.82. The van der Waals surface area contributed by atoms with Gasteiger partial charge in [0.15, 0.2) is 0 Å². The summed E-state index contributed by atoms with van der Waals surface area (Å²) in [5.74, 6) is -1.59. The van der Waals surface area contributed by atoms with Gasteiger partial charge < -0.3 is 0 Å². The number of halogens is 1. The first-order valence-corrected chi connectivity index (χ1v) is 10.1. The van der Waals surface area contributed by atoms with Gasteiger partial charge in [0, 0.05) is 0 Å². The fraction of sp³-hybridized carbons (Fsp3) is 0.261. The quantitative estimate of drug-likeness (QED) is 0.574. The number of hydrazine groups is 1. The molecule has 2 bridgehead atoms. The summed E-state index contributed by atoms with van der Waals surface area (Å²) in [6.07, 6.45) is 4.92. The average molecular weight is 407 g/mol. The summed E-state index contributed by atoms with van der Waals surface area (Å²) in [7, 11) is 0. The molecule has 0 aromatic heterocycles. The van der Waals surface area contributed by atoms with Crippen LogP contribution in [0.5, 0.6) is 0 Å². The Labute approximate surface area is 173 Å². The molecule has 0 spiro atoms. The lowest BCUT2D eigenvalue weighted by Gasteiger charge is -2.31. The first kappa shape index (κ1) is 18.1. The number of amides is 3. The van der Waals surface area contributed by atoms with E-state index in [1.54, 1.807) is 24.3 Å². The predicted molar refractivity (Wildman–Crippen MR) is 107 cm³/mol. The molecule has 5 rings (SSSR count). The van der Waals surface area contributed by atoms with Crippen molar-refractivity contribution < 1.29 is 14.4 Å². The van der Waals surface area contributed by atoms with Crippen LogP contribution in [0.4, 0.5) is 0 Å². The van der Waals surface area contributed by atoms with E-state index in [9.17, 15) is 14.4 Å². The van der Waals surface area contributed by atoms with Crippen LogP contribution >= 0.6 is 11.6 Å². The maximum atomic E-state index is 13.4. The van der Waals surface area contributed by atoms with Crippen LogP contribution < -0.4 is 0 Å². The Hall–Kier alpha value is -2.92. The van der Waals surface area contributed by atoms with Gasteiger partial charge in [-0.05, 0) is 36.0 Å². The molecule has 0 N–H and O–H groups in total. The SMILES string of the molecule is O=C(c1ccccc1Cl)N(Cc1ccccc1)N1C(=O)[C@@H]2[C@H](C1=O)[C@H]1C=C[C@H]2C1. The number of nitrogens with zero attached hydrogens (tertiary/aromatic N) is 2. The van der Waals surface area contributed by atoms with Crippen LogP contribution in [0, 0.1) is 23.7 Å². The summed E-state index contributed by atoms with van der Waals surface area (Å²) in [6, 6.07) is 16.0. The molecule has 146 valence electrons. The minimum absolute atomic E-state index is 0.0837. The first-order valence-electron chi connectivity index (χ1n) is 9.72. The summed E-state index contributed by atoms with van der Waals surface area (Å²) in [6.45, 7) is 0.116. The van der Waals surface area contributed by atoms with Crippen molar-refractivity contribution in [3.8, 4) is 0 Å². The fourth-order valence-corrected chi connectivity index (χ4v) is 5.10. The molecule has 3 amide bonds. The molecule has 6 heteroatoms. The molecule has 29 heavy (non-hydrogen) atoms. The van der Waals surface area contributed by atoms with E-state index in [1.165, 1.54) is 5.01 Å². The van der Waals surface area contributed by atoms with Gasteiger partial charge in [-0.1, -0.05) is 66.2 Å². The minimum Gasteiger partial charge on any atom is -0.272 e. The molecular weight excluding hydrogens is 388 g/mol. The van der Waals surface area contributed by atoms with Crippen LogP contribution in [-0.4, -0.2) is 27.7 Å². The predicted octanol–water partition coefficient (Wildman–Crippen LogP) is 3.70. The van der Waals surface area contributed by atoms with E-state index in [0.717, 1.165) is 17.0 Å². The van der Waals surface area contributed by atoms with Gasteiger partial charge in [0.2, 0.25) is 0 Å². The highest BCUT2D eigenvalue weighted by Crippen LogP contribution is 2.52. The van der Waals surface area contributed by atoms with Gasteiger partial charge in [-0.2, -0.15) is 5.01 Å². The van der Waals surface area contributed by atoms with Gasteiger partial charge in [-0.15, -0.1) is 0 Å². The van der Waals surface area contributed by atoms with Crippen molar-refractivity contribution in [2.24, 2.45) is 23.7 Å². The number of carbonyl (C=O) groups excluding carboxylic acids is 3. The molecule has 5 nitrogen and oxygen atoms in total. The van der Waals surface area contributed by atoms with Gasteiger partial charge in [0.1, 0.15) is 0 Å². The highest BCUT2D eigenvalue weighted by Gasteiger charge is 2.61. The van der Waals surface area contributed by atoms with Gasteiger partial charge in [-0.3, -0.25) is 14.4 Å². The van der Waals surface area contributed by atoms with Crippen LogP contribution in [0.3, 0.4) is 0 Å². The van der Waals surface area contributed by atoms with Crippen molar-refractivity contribution in [2.75, 3.05) is 0 Å². The van der Waals surface area contributed by atoms with Crippen molar-refractivity contribution in [3.05, 3.63) is 82.9 Å². The van der Waals surface area contributed by atoms with Crippen molar-refractivity contribution >= 4 is 29.3 Å². The average Bonchev–Trinajstić information content (AvgIpc) is 3.41. The third-order valence-electron chi connectivity index (χ3n) is 6.20. The number of carbonyl (C=O) groups is 3. The summed E-state index contributed by atoms with van der Waals surface area (Å²) < 4.78 is 0. The summed E-state index contributed by atoms with van der Waals surface area (Å²) in [4.78, 5) is 40.0. The van der Waals surface area contributed by atoms with E-state index in [4.69, 9.17) is 11.6 Å². The zero-order valence-electron chi connectivity index (χ0n) is 15.6. The molecule has 2 aliphatic carbocycles. The van der Waals surface area contributed by atoms with E-state index in [-0.39, 0.29) is 52.6 Å². The molecule has 0 radical (unpaired) electrons. The molecule has 1 saturated carbocycles. The van der Waals surface area contributed by atoms with Crippen LogP contribution in [-0.2, 0) is 16.1 Å². The van der Waals surface area contributed by atoms with E-state index in [1.807, 2.05) is 42.5 Å². The van der Waals surface area contributed by atoms with Crippen molar-refractivity contribution in [1.82, 2.24) is 10.0 Å². The van der Waals surface area contributed by atoms with Crippen molar-refractivity contribution in [1.29, 1.82) is 0 Å². The topological polar surface area (TPSA) is 57.7 Å². The summed E-state index contributed by atoms with van der Waals surface area (Å²) in [5, 5.41) is 2.63. The van der Waals surface area contributed by atoms with Crippen LogP contribution in [0.2, 0.25) is 5.02 Å². The molecule has 2 aromatic rings. The van der Waals surface area contributed by atoms with Crippen LogP contribution in [0.15, 0.2) is 66.7 Å². The Morgan fingerprint density at radius 2 is 1.52 bits per heavy atom. The molecule has 2 aromatic carbocycles. The Kier molecular flexibility index (Phi) is 4.28. The standard InChI is InChI=1S/C23H19ClN2O3/c24-18-9-5-4-8-17(18)21(27)25(13-14-6-2-1-3-7-14)26-22(28)19-15-10-11-16(12-15)20(19)23(26)29/h1-11,15-16,19-20H,12-13H2/t15-,16-,19-,20+/m0/s1. The number of hydrogen-bond acceptors (Lipinski definition) is 3. The lowest BCUT2D eigenvalue weighted by molar-refractivity contribution is -0.156. The van der Waals surface area contributed by atoms with E-state index in [0.29, 0.717) is 0 Å². The maximum absolute atomic E-state index is 13.4. The van der Waals surface area contributed by atoms with Gasteiger partial charge in [-0.25, -0.2) is 5.01 Å². The molecule has 1 heterocycles. The number of rotatable bonds is 4. The molecule has 1 saturated heterocycles. The second-order valence-corrected chi connectivity index (χ2v) is 8.22. The first-order chi connectivity index (χ1) is 14.1. The zero-order chi connectivity index (χ0) is 20.1. The molecule has 1 aliphatic heterocycles. The molecule has 2 fully saturated rings. The molecule has 0 unspecified atom stereocenters. The Morgan fingerprint density at radius 1 is 0.931 bits per heavy atom. The van der Waals surface area contributed by atoms with E-state index >= 15 is 0 Å². The Morgan fingerprint density at radius 3 is 2.14 bits per heavy atom. The van der Waals surface area contributed by atoms with Crippen LogP contribution in [0.1, 0.15) is 22.3 Å². The van der Waals surface area contributed by atoms with Gasteiger partial charge in [0.25, 0.3) is 17.7 Å². The van der Waals surface area contributed by atoms with Crippen molar-refractivity contribution in [3.63, 3.8) is 0 Å². The molecular formula is C23H19ClN2O3. The smallest absolute Gasteiger partial charge is 0.272 e. The largest absolute Gasteiger partial charge is 0.274 e. The Balaban J connectivity index is 1.54. The normalized spacial score (nSPS) is 26.9. The lowest BCUT2D eigenvalue weighted by atomic mass is 9.85. The van der Waals surface area contributed by atoms with Gasteiger partial charge >= 0.3 is 0 Å². The third-order valence-corrected chi connectivity index (χ3v) is 6.53. The summed E-state index contributed by atoms with van der Waals surface area (Å²) >= 11 is 6.25. The number of imide groups is 1. The number of allylic oxidation sites excluding steroid dienone is 2. The number of fused-ring (bicyclic) bond motifs is 5. The Bertz CT molecular complexity index is 1010. The summed E-state index contributed by atoms with van der Waals surface area (Å²) in [5.41, 5.74) is 1.09. The van der Waals surface area contributed by atoms with E-state index < -0.39 is 5.91 Å². The third kappa shape index (κ3) is 2.80. The van der Waals surface area contributed by atoms with Crippen molar-refractivity contribution in [2.45, 2.75) is 13.0 Å².